The summed E-state index contributed by atoms with van der Waals surface area (Å²) in [6.07, 6.45) is 1.84. The van der Waals surface area contributed by atoms with Crippen molar-refractivity contribution < 1.29 is 22.7 Å². The summed E-state index contributed by atoms with van der Waals surface area (Å²) in [7, 11) is 1.45. The first kappa shape index (κ1) is 22.5. The Morgan fingerprint density at radius 3 is 1.93 bits per heavy atom. The number of nitrogens with zero attached hydrogens (tertiary/aromatic N) is 2. The number of methoxy groups -OCH3 is 2. The first-order chi connectivity index (χ1) is 13.7. The molecule has 0 radical (unpaired) electrons. The molecule has 7 nitrogen and oxygen atoms in total. The van der Waals surface area contributed by atoms with Crippen LogP contribution in [0.1, 0.15) is 18.4 Å². The fourth-order valence-electron chi connectivity index (χ4n) is 2.89. The lowest BCUT2D eigenvalue weighted by Crippen LogP contribution is -2.32. The molecule has 0 unspecified atom stereocenters. The molecule has 0 spiro atoms. The van der Waals surface area contributed by atoms with Crippen LogP contribution < -0.4 is 13.8 Å². The zero-order valence-corrected chi connectivity index (χ0v) is 18.1. The Labute approximate surface area is 172 Å². The van der Waals surface area contributed by atoms with Gasteiger partial charge < -0.3 is 14.4 Å². The van der Waals surface area contributed by atoms with Gasteiger partial charge in [-0.25, -0.2) is 8.42 Å². The van der Waals surface area contributed by atoms with E-state index >= 15 is 0 Å². The van der Waals surface area contributed by atoms with Crippen LogP contribution in [0.3, 0.4) is 0 Å². The van der Waals surface area contributed by atoms with Gasteiger partial charge >= 0.3 is 0 Å². The number of sulfonamides is 1. The Balaban J connectivity index is 1.92. The molecule has 2 aromatic rings. The summed E-state index contributed by atoms with van der Waals surface area (Å²) in [6, 6.07) is 14.3. The summed E-state index contributed by atoms with van der Waals surface area (Å²) in [6.45, 7) is 0.713. The molecule has 0 fully saturated rings. The third-order valence-corrected chi connectivity index (χ3v) is 5.71. The van der Waals surface area contributed by atoms with Gasteiger partial charge in [0, 0.05) is 26.6 Å². The Hall–Kier alpha value is -2.74. The fraction of sp³-hybridized carbons (Fsp3) is 0.381. The third-order valence-electron chi connectivity index (χ3n) is 4.52. The molecule has 0 atom stereocenters. The number of amides is 1. The van der Waals surface area contributed by atoms with E-state index in [0.29, 0.717) is 24.4 Å². The van der Waals surface area contributed by atoms with Crippen LogP contribution in [0.5, 0.6) is 11.5 Å². The molecule has 2 aromatic carbocycles. The van der Waals surface area contributed by atoms with Crippen molar-refractivity contribution in [1.29, 1.82) is 0 Å². The quantitative estimate of drug-likeness (QED) is 0.591. The molecule has 1 amide bonds. The monoisotopic (exact) mass is 420 g/mol. The number of carbonyl (C=O) groups excluding carboxylic acids is 1. The highest BCUT2D eigenvalue weighted by molar-refractivity contribution is 7.92. The maximum Gasteiger partial charge on any atom is 0.232 e. The predicted molar refractivity (Wildman–Crippen MR) is 114 cm³/mol. The first-order valence-electron chi connectivity index (χ1n) is 9.23. The van der Waals surface area contributed by atoms with Gasteiger partial charge in [0.15, 0.2) is 0 Å². The fourth-order valence-corrected chi connectivity index (χ4v) is 3.86. The Kier molecular flexibility index (Phi) is 7.90. The minimum atomic E-state index is -3.46. The molecule has 0 saturated heterocycles. The summed E-state index contributed by atoms with van der Waals surface area (Å²) in [5, 5.41) is 0. The van der Waals surface area contributed by atoms with Crippen molar-refractivity contribution in [2.75, 3.05) is 38.4 Å². The van der Waals surface area contributed by atoms with Gasteiger partial charge in [-0.2, -0.15) is 0 Å². The van der Waals surface area contributed by atoms with Crippen LogP contribution in [0.15, 0.2) is 48.5 Å². The van der Waals surface area contributed by atoms with Crippen molar-refractivity contribution in [3.05, 3.63) is 54.1 Å². The van der Waals surface area contributed by atoms with Gasteiger partial charge in [-0.1, -0.05) is 12.1 Å². The average molecular weight is 421 g/mol. The molecule has 0 aliphatic heterocycles. The van der Waals surface area contributed by atoms with Gasteiger partial charge in [-0.05, 0) is 48.4 Å². The van der Waals surface area contributed by atoms with E-state index in [4.69, 9.17) is 9.47 Å². The molecule has 0 saturated carbocycles. The molecular formula is C21H28N2O5S. The molecule has 2 rings (SSSR count). The Morgan fingerprint density at radius 2 is 1.45 bits per heavy atom. The van der Waals surface area contributed by atoms with E-state index in [1.807, 2.05) is 24.3 Å². The van der Waals surface area contributed by atoms with E-state index in [2.05, 4.69) is 0 Å². The van der Waals surface area contributed by atoms with Gasteiger partial charge in [0.1, 0.15) is 11.5 Å². The van der Waals surface area contributed by atoms with Crippen molar-refractivity contribution in [3.63, 3.8) is 0 Å². The number of rotatable bonds is 10. The van der Waals surface area contributed by atoms with Crippen LogP contribution in [0.25, 0.3) is 0 Å². The van der Waals surface area contributed by atoms with Crippen molar-refractivity contribution in [1.82, 2.24) is 4.90 Å². The van der Waals surface area contributed by atoms with E-state index in [0.717, 1.165) is 17.6 Å². The summed E-state index contributed by atoms with van der Waals surface area (Å²) < 4.78 is 35.9. The number of benzene rings is 2. The van der Waals surface area contributed by atoms with Crippen LogP contribution in [0.2, 0.25) is 0 Å². The van der Waals surface area contributed by atoms with E-state index in [-0.39, 0.29) is 18.9 Å². The van der Waals surface area contributed by atoms with Gasteiger partial charge in [-0.15, -0.1) is 0 Å². The SMILES string of the molecule is COc1ccc(CN(C)C(=O)CCCN(c2ccc(OC)cc2)S(C)(=O)=O)cc1. The van der Waals surface area contributed by atoms with Gasteiger partial charge in [0.2, 0.25) is 15.9 Å². The van der Waals surface area contributed by atoms with Crippen LogP contribution in [-0.4, -0.2) is 53.3 Å². The zero-order chi connectivity index (χ0) is 21.4. The van der Waals surface area contributed by atoms with Gasteiger partial charge in [0.05, 0.1) is 26.2 Å². The van der Waals surface area contributed by atoms with E-state index in [1.54, 1.807) is 50.4 Å². The normalized spacial score (nSPS) is 11.0. The van der Waals surface area contributed by atoms with E-state index in [9.17, 15) is 13.2 Å². The number of anilines is 1. The van der Waals surface area contributed by atoms with E-state index < -0.39 is 10.0 Å². The second kappa shape index (κ2) is 10.2. The summed E-state index contributed by atoms with van der Waals surface area (Å²) >= 11 is 0. The van der Waals surface area contributed by atoms with Crippen molar-refractivity contribution in [2.45, 2.75) is 19.4 Å². The molecule has 0 aliphatic carbocycles. The second-order valence-corrected chi connectivity index (χ2v) is 8.64. The third kappa shape index (κ3) is 6.67. The van der Waals surface area contributed by atoms with Crippen LogP contribution in [0.4, 0.5) is 5.69 Å². The minimum absolute atomic E-state index is 0.0380. The minimum Gasteiger partial charge on any atom is -0.497 e. The maximum atomic E-state index is 12.4. The highest BCUT2D eigenvalue weighted by Crippen LogP contribution is 2.22. The standard InChI is InChI=1S/C21H28N2O5S/c1-22(16-17-7-11-19(27-2)12-8-17)21(24)6-5-15-23(29(4,25)26)18-9-13-20(28-3)14-10-18/h7-14H,5-6,15-16H2,1-4H3. The lowest BCUT2D eigenvalue weighted by Gasteiger charge is -2.23. The predicted octanol–water partition coefficient (Wildman–Crippen LogP) is 2.91. The summed E-state index contributed by atoms with van der Waals surface area (Å²) in [4.78, 5) is 14.1. The van der Waals surface area contributed by atoms with Gasteiger partial charge in [-0.3, -0.25) is 9.10 Å². The molecule has 0 aliphatic rings. The molecular weight excluding hydrogens is 392 g/mol. The first-order valence-corrected chi connectivity index (χ1v) is 11.1. The average Bonchev–Trinajstić information content (AvgIpc) is 2.70. The lowest BCUT2D eigenvalue weighted by molar-refractivity contribution is -0.130. The lowest BCUT2D eigenvalue weighted by atomic mass is 10.2. The number of hydrogen-bond donors (Lipinski definition) is 0. The van der Waals surface area contributed by atoms with Crippen molar-refractivity contribution >= 4 is 21.6 Å². The van der Waals surface area contributed by atoms with Crippen molar-refractivity contribution in [3.8, 4) is 11.5 Å². The van der Waals surface area contributed by atoms with Crippen LogP contribution in [-0.2, 0) is 21.4 Å². The molecule has 0 aromatic heterocycles. The molecule has 8 heteroatoms. The largest absolute Gasteiger partial charge is 0.497 e. The Morgan fingerprint density at radius 1 is 0.931 bits per heavy atom. The number of ether oxygens (including phenoxy) is 2. The maximum absolute atomic E-state index is 12.4. The smallest absolute Gasteiger partial charge is 0.232 e. The van der Waals surface area contributed by atoms with Crippen LogP contribution >= 0.6 is 0 Å². The summed E-state index contributed by atoms with van der Waals surface area (Å²) in [5.74, 6) is 1.38. The van der Waals surface area contributed by atoms with Gasteiger partial charge in [0.25, 0.3) is 0 Å². The second-order valence-electron chi connectivity index (χ2n) is 6.73. The number of hydrogen-bond acceptors (Lipinski definition) is 5. The zero-order valence-electron chi connectivity index (χ0n) is 17.3. The Bertz CT molecular complexity index is 896. The van der Waals surface area contributed by atoms with Crippen molar-refractivity contribution in [2.24, 2.45) is 0 Å². The molecule has 29 heavy (non-hydrogen) atoms. The molecule has 0 heterocycles. The highest BCUT2D eigenvalue weighted by atomic mass is 32.2. The molecule has 0 bridgehead atoms. The molecule has 0 N–H and O–H groups in total. The van der Waals surface area contributed by atoms with E-state index in [1.165, 1.54) is 4.31 Å². The summed E-state index contributed by atoms with van der Waals surface area (Å²) in [5.41, 5.74) is 1.55. The highest BCUT2D eigenvalue weighted by Gasteiger charge is 2.18. The number of carbonyl (C=O) groups is 1. The molecule has 158 valence electrons. The van der Waals surface area contributed by atoms with Crippen LogP contribution in [0, 0.1) is 0 Å². The topological polar surface area (TPSA) is 76.2 Å².